The molecule has 0 spiro atoms. The highest BCUT2D eigenvalue weighted by atomic mass is 16.2. The minimum Gasteiger partial charge on any atom is -0.334 e. The average Bonchev–Trinajstić information content (AvgIpc) is 2.16. The fourth-order valence-corrected chi connectivity index (χ4v) is 2.01. The van der Waals surface area contributed by atoms with Gasteiger partial charge in [-0.25, -0.2) is 4.79 Å². The number of hydrogen-bond acceptors (Lipinski definition) is 2. The molecule has 1 aliphatic rings. The Labute approximate surface area is 97.4 Å². The lowest BCUT2D eigenvalue weighted by molar-refractivity contribution is 0.214. The van der Waals surface area contributed by atoms with Gasteiger partial charge in [-0.2, -0.15) is 5.26 Å². The number of amides is 2. The van der Waals surface area contributed by atoms with Crippen LogP contribution in [0.5, 0.6) is 0 Å². The van der Waals surface area contributed by atoms with E-state index in [1.165, 1.54) is 0 Å². The van der Waals surface area contributed by atoms with Crippen molar-refractivity contribution in [1.29, 1.82) is 5.26 Å². The number of urea groups is 1. The molecule has 2 N–H and O–H groups in total. The first kappa shape index (κ1) is 12.8. The Kier molecular flexibility index (Phi) is 3.79. The summed E-state index contributed by atoms with van der Waals surface area (Å²) in [6, 6.07) is 2.02. The molecular weight excluding hydrogens is 202 g/mol. The molecule has 1 aliphatic carbocycles. The zero-order chi connectivity index (χ0) is 12.2. The van der Waals surface area contributed by atoms with Gasteiger partial charge in [0.1, 0.15) is 5.54 Å². The summed E-state index contributed by atoms with van der Waals surface area (Å²) in [5.74, 6) is 0. The number of carbonyl (C=O) groups excluding carboxylic acids is 1. The van der Waals surface area contributed by atoms with Crippen LogP contribution in [0.1, 0.15) is 52.9 Å². The first-order valence-electron chi connectivity index (χ1n) is 5.88. The van der Waals surface area contributed by atoms with Gasteiger partial charge in [0.2, 0.25) is 0 Å². The van der Waals surface area contributed by atoms with Crippen molar-refractivity contribution in [2.75, 3.05) is 0 Å². The van der Waals surface area contributed by atoms with Gasteiger partial charge in [0.15, 0.2) is 0 Å². The highest BCUT2D eigenvalue weighted by molar-refractivity contribution is 5.76. The monoisotopic (exact) mass is 223 g/mol. The number of nitrogens with zero attached hydrogens (tertiary/aromatic N) is 1. The SMILES string of the molecule is CC(C)(C)NC(=O)NC1(C#N)CCCCC1. The summed E-state index contributed by atoms with van der Waals surface area (Å²) in [4.78, 5) is 11.7. The number of carbonyl (C=O) groups is 1. The standard InChI is InChI=1S/C12H21N3O/c1-11(2,3)14-10(16)15-12(9-13)7-5-4-6-8-12/h4-8H2,1-3H3,(H2,14,15,16). The first-order chi connectivity index (χ1) is 7.37. The minimum absolute atomic E-state index is 0.240. The summed E-state index contributed by atoms with van der Waals surface area (Å²) < 4.78 is 0. The molecule has 16 heavy (non-hydrogen) atoms. The van der Waals surface area contributed by atoms with Crippen molar-refractivity contribution in [3.63, 3.8) is 0 Å². The highest BCUT2D eigenvalue weighted by Crippen LogP contribution is 2.27. The van der Waals surface area contributed by atoms with Crippen LogP contribution >= 0.6 is 0 Å². The molecule has 90 valence electrons. The normalized spacial score (nSPS) is 19.6. The van der Waals surface area contributed by atoms with Gasteiger partial charge in [0.25, 0.3) is 0 Å². The van der Waals surface area contributed by atoms with Crippen LogP contribution in [0, 0.1) is 11.3 Å². The predicted octanol–water partition coefficient (Wildman–Crippen LogP) is 2.31. The predicted molar refractivity (Wildman–Crippen MR) is 62.8 cm³/mol. The maximum Gasteiger partial charge on any atom is 0.316 e. The molecule has 0 aromatic rings. The van der Waals surface area contributed by atoms with E-state index in [1.54, 1.807) is 0 Å². The lowest BCUT2D eigenvalue weighted by atomic mass is 9.83. The van der Waals surface area contributed by atoms with Crippen LogP contribution in [0.4, 0.5) is 4.79 Å². The smallest absolute Gasteiger partial charge is 0.316 e. The van der Waals surface area contributed by atoms with E-state index in [2.05, 4.69) is 16.7 Å². The molecule has 0 aliphatic heterocycles. The average molecular weight is 223 g/mol. The zero-order valence-electron chi connectivity index (χ0n) is 10.4. The Hall–Kier alpha value is -1.24. The Morgan fingerprint density at radius 2 is 1.81 bits per heavy atom. The fraction of sp³-hybridized carbons (Fsp3) is 0.833. The minimum atomic E-state index is -0.645. The molecule has 2 amide bonds. The highest BCUT2D eigenvalue weighted by Gasteiger charge is 2.34. The van der Waals surface area contributed by atoms with Crippen molar-refractivity contribution in [2.45, 2.75) is 64.0 Å². The van der Waals surface area contributed by atoms with Crippen LogP contribution in [0.25, 0.3) is 0 Å². The molecule has 1 fully saturated rings. The van der Waals surface area contributed by atoms with Crippen molar-refractivity contribution in [2.24, 2.45) is 0 Å². The second-order valence-corrected chi connectivity index (χ2v) is 5.58. The summed E-state index contributed by atoms with van der Waals surface area (Å²) in [6.07, 6.45) is 4.72. The van der Waals surface area contributed by atoms with Crippen molar-refractivity contribution in [1.82, 2.24) is 10.6 Å². The second-order valence-electron chi connectivity index (χ2n) is 5.58. The van der Waals surface area contributed by atoms with E-state index >= 15 is 0 Å². The molecule has 0 unspecified atom stereocenters. The van der Waals surface area contributed by atoms with E-state index in [0.717, 1.165) is 32.1 Å². The number of hydrogen-bond donors (Lipinski definition) is 2. The van der Waals surface area contributed by atoms with Crippen molar-refractivity contribution < 1.29 is 4.79 Å². The van der Waals surface area contributed by atoms with Gasteiger partial charge < -0.3 is 10.6 Å². The molecule has 4 heteroatoms. The van der Waals surface area contributed by atoms with Crippen LogP contribution in [-0.2, 0) is 0 Å². The molecule has 1 rings (SSSR count). The molecule has 0 atom stereocenters. The third-order valence-electron chi connectivity index (χ3n) is 2.76. The molecule has 4 nitrogen and oxygen atoms in total. The van der Waals surface area contributed by atoms with E-state index in [1.807, 2.05) is 20.8 Å². The van der Waals surface area contributed by atoms with Crippen molar-refractivity contribution >= 4 is 6.03 Å². The Morgan fingerprint density at radius 1 is 1.25 bits per heavy atom. The lowest BCUT2D eigenvalue weighted by Gasteiger charge is -2.33. The van der Waals surface area contributed by atoms with E-state index < -0.39 is 5.54 Å². The van der Waals surface area contributed by atoms with Gasteiger partial charge in [-0.3, -0.25) is 0 Å². The molecule has 0 aromatic carbocycles. The van der Waals surface area contributed by atoms with Gasteiger partial charge in [-0.05, 0) is 33.6 Å². The van der Waals surface area contributed by atoms with E-state index in [0.29, 0.717) is 0 Å². The van der Waals surface area contributed by atoms with Crippen molar-refractivity contribution in [3.05, 3.63) is 0 Å². The Balaban J connectivity index is 2.57. The largest absolute Gasteiger partial charge is 0.334 e. The van der Waals surface area contributed by atoms with E-state index in [4.69, 9.17) is 0 Å². The third-order valence-corrected chi connectivity index (χ3v) is 2.76. The van der Waals surface area contributed by atoms with Crippen LogP contribution in [0.3, 0.4) is 0 Å². The molecule has 0 saturated heterocycles. The van der Waals surface area contributed by atoms with Crippen LogP contribution in [-0.4, -0.2) is 17.1 Å². The molecule has 0 heterocycles. The lowest BCUT2D eigenvalue weighted by Crippen LogP contribution is -2.55. The number of rotatable bonds is 1. The Bertz CT molecular complexity index is 292. The third kappa shape index (κ3) is 3.73. The maximum absolute atomic E-state index is 11.7. The molecule has 1 saturated carbocycles. The maximum atomic E-state index is 11.7. The summed E-state index contributed by atoms with van der Waals surface area (Å²) in [5, 5.41) is 14.8. The summed E-state index contributed by atoms with van der Waals surface area (Å²) in [6.45, 7) is 5.77. The quantitative estimate of drug-likeness (QED) is 0.716. The molecule has 0 aromatic heterocycles. The van der Waals surface area contributed by atoms with Crippen LogP contribution in [0.15, 0.2) is 0 Å². The second kappa shape index (κ2) is 4.73. The van der Waals surface area contributed by atoms with Gasteiger partial charge in [0.05, 0.1) is 6.07 Å². The van der Waals surface area contributed by atoms with E-state index in [-0.39, 0.29) is 11.6 Å². The molecule has 0 radical (unpaired) electrons. The van der Waals surface area contributed by atoms with E-state index in [9.17, 15) is 10.1 Å². The van der Waals surface area contributed by atoms with Gasteiger partial charge in [0, 0.05) is 5.54 Å². The van der Waals surface area contributed by atoms with Crippen LogP contribution < -0.4 is 10.6 Å². The van der Waals surface area contributed by atoms with Gasteiger partial charge in [-0.15, -0.1) is 0 Å². The number of nitrogens with one attached hydrogen (secondary N) is 2. The first-order valence-corrected chi connectivity index (χ1v) is 5.88. The zero-order valence-corrected chi connectivity index (χ0v) is 10.4. The number of nitriles is 1. The Morgan fingerprint density at radius 3 is 2.25 bits per heavy atom. The summed E-state index contributed by atoms with van der Waals surface area (Å²) in [7, 11) is 0. The summed E-state index contributed by atoms with van der Waals surface area (Å²) in [5.41, 5.74) is -0.914. The van der Waals surface area contributed by atoms with Crippen molar-refractivity contribution in [3.8, 4) is 6.07 Å². The van der Waals surface area contributed by atoms with Gasteiger partial charge >= 0.3 is 6.03 Å². The molecule has 0 bridgehead atoms. The molecular formula is C12H21N3O. The fourth-order valence-electron chi connectivity index (χ4n) is 2.01. The topological polar surface area (TPSA) is 64.9 Å². The van der Waals surface area contributed by atoms with Gasteiger partial charge in [-0.1, -0.05) is 19.3 Å². The van der Waals surface area contributed by atoms with Crippen LogP contribution in [0.2, 0.25) is 0 Å². The summed E-state index contributed by atoms with van der Waals surface area (Å²) >= 11 is 0.